The van der Waals surface area contributed by atoms with Crippen molar-refractivity contribution >= 4 is 35.0 Å². The fourth-order valence-electron chi connectivity index (χ4n) is 3.71. The Bertz CT molecular complexity index is 868. The number of primary amides is 1. The molecular weight excluding hydrogens is 396 g/mol. The average molecular weight is 427 g/mol. The number of thioether (sulfide) groups is 1. The Morgan fingerprint density at radius 1 is 1.07 bits per heavy atom. The number of carbonyl (C=O) groups is 2. The van der Waals surface area contributed by atoms with Gasteiger partial charge in [0.1, 0.15) is 0 Å². The van der Waals surface area contributed by atoms with Gasteiger partial charge in [-0.3, -0.25) is 14.5 Å². The number of para-hydroxylation sites is 2. The highest BCUT2D eigenvalue weighted by Gasteiger charge is 2.16. The molecule has 160 valence electrons. The summed E-state index contributed by atoms with van der Waals surface area (Å²) in [5, 5.41) is 2.96. The van der Waals surface area contributed by atoms with Gasteiger partial charge in [-0.15, -0.1) is 11.8 Å². The first kappa shape index (κ1) is 22.2. The minimum Gasteiger partial charge on any atom is -0.371 e. The second kappa shape index (κ2) is 11.0. The van der Waals surface area contributed by atoms with Crippen molar-refractivity contribution in [2.45, 2.75) is 30.7 Å². The number of anilines is 2. The summed E-state index contributed by atoms with van der Waals surface area (Å²) in [6.45, 7) is 3.18. The molecular formula is C23H30N4O2S. The fourth-order valence-corrected chi connectivity index (χ4v) is 4.46. The molecule has 1 aliphatic heterocycles. The van der Waals surface area contributed by atoms with E-state index in [1.165, 1.54) is 42.3 Å². The highest BCUT2D eigenvalue weighted by molar-refractivity contribution is 8.00. The van der Waals surface area contributed by atoms with Crippen LogP contribution in [0.5, 0.6) is 0 Å². The van der Waals surface area contributed by atoms with Crippen molar-refractivity contribution in [3.05, 3.63) is 54.1 Å². The van der Waals surface area contributed by atoms with Gasteiger partial charge in [0.2, 0.25) is 11.8 Å². The number of piperidine rings is 1. The van der Waals surface area contributed by atoms with Gasteiger partial charge in [0.05, 0.1) is 18.0 Å². The largest absolute Gasteiger partial charge is 0.371 e. The van der Waals surface area contributed by atoms with Crippen molar-refractivity contribution in [1.82, 2.24) is 4.90 Å². The van der Waals surface area contributed by atoms with Crippen LogP contribution in [-0.2, 0) is 16.1 Å². The van der Waals surface area contributed by atoms with E-state index in [0.29, 0.717) is 12.2 Å². The molecule has 0 unspecified atom stereocenters. The first-order chi connectivity index (χ1) is 14.5. The minimum atomic E-state index is -0.381. The normalized spacial score (nSPS) is 14.0. The highest BCUT2D eigenvalue weighted by atomic mass is 32.2. The zero-order valence-electron chi connectivity index (χ0n) is 17.5. The predicted octanol–water partition coefficient (Wildman–Crippen LogP) is 3.32. The van der Waals surface area contributed by atoms with Crippen molar-refractivity contribution in [2.24, 2.45) is 5.73 Å². The number of nitrogens with two attached hydrogens (primary N) is 1. The summed E-state index contributed by atoms with van der Waals surface area (Å²) < 4.78 is 0. The third-order valence-corrected chi connectivity index (χ3v) is 6.17. The molecule has 0 radical (unpaired) electrons. The first-order valence-electron chi connectivity index (χ1n) is 10.3. The Kier molecular flexibility index (Phi) is 8.16. The van der Waals surface area contributed by atoms with Crippen LogP contribution in [0.25, 0.3) is 0 Å². The van der Waals surface area contributed by atoms with Crippen LogP contribution in [0.3, 0.4) is 0 Å². The van der Waals surface area contributed by atoms with Crippen LogP contribution < -0.4 is 16.0 Å². The van der Waals surface area contributed by atoms with E-state index in [0.717, 1.165) is 18.0 Å². The quantitative estimate of drug-likeness (QED) is 0.602. The van der Waals surface area contributed by atoms with Gasteiger partial charge in [0, 0.05) is 30.2 Å². The van der Waals surface area contributed by atoms with Crippen LogP contribution in [0.2, 0.25) is 0 Å². The number of nitrogens with zero attached hydrogens (tertiary/aromatic N) is 2. The molecule has 0 aromatic heterocycles. The Hall–Kier alpha value is -2.51. The molecule has 2 amide bonds. The Balaban J connectivity index is 1.59. The maximum Gasteiger partial charge on any atom is 0.238 e. The van der Waals surface area contributed by atoms with Crippen LogP contribution in [0, 0.1) is 0 Å². The lowest BCUT2D eigenvalue weighted by Gasteiger charge is -2.31. The van der Waals surface area contributed by atoms with Gasteiger partial charge in [0.25, 0.3) is 0 Å². The van der Waals surface area contributed by atoms with E-state index in [-0.39, 0.29) is 24.1 Å². The van der Waals surface area contributed by atoms with Crippen LogP contribution in [-0.4, -0.2) is 49.1 Å². The summed E-state index contributed by atoms with van der Waals surface area (Å²) >= 11 is 1.33. The molecule has 0 saturated carbocycles. The van der Waals surface area contributed by atoms with Crippen LogP contribution >= 0.6 is 11.8 Å². The zero-order valence-corrected chi connectivity index (χ0v) is 18.3. The summed E-state index contributed by atoms with van der Waals surface area (Å²) in [6.07, 6.45) is 3.78. The lowest BCUT2D eigenvalue weighted by atomic mass is 10.1. The van der Waals surface area contributed by atoms with Gasteiger partial charge in [-0.2, -0.15) is 0 Å². The van der Waals surface area contributed by atoms with Crippen molar-refractivity contribution in [3.8, 4) is 0 Å². The third-order valence-electron chi connectivity index (χ3n) is 5.07. The molecule has 3 N–H and O–H groups in total. The SMILES string of the molecule is CN(CC(=O)Nc1ccccc1SCC(N)=O)Cc1ccccc1N1CCCCC1. The molecule has 1 aliphatic rings. The molecule has 6 nitrogen and oxygen atoms in total. The predicted molar refractivity (Wildman–Crippen MR) is 124 cm³/mol. The second-order valence-corrected chi connectivity index (χ2v) is 8.67. The number of amides is 2. The van der Waals surface area contributed by atoms with Gasteiger partial charge in [-0.05, 0) is 50.1 Å². The number of rotatable bonds is 9. The summed E-state index contributed by atoms with van der Waals surface area (Å²) in [6, 6.07) is 15.9. The van der Waals surface area contributed by atoms with Crippen molar-refractivity contribution < 1.29 is 9.59 Å². The van der Waals surface area contributed by atoms with E-state index >= 15 is 0 Å². The summed E-state index contributed by atoms with van der Waals surface area (Å²) in [5.74, 6) is -0.284. The number of benzene rings is 2. The highest BCUT2D eigenvalue weighted by Crippen LogP contribution is 2.27. The van der Waals surface area contributed by atoms with E-state index in [1.54, 1.807) is 0 Å². The number of likely N-dealkylation sites (N-methyl/N-ethyl adjacent to an activating group) is 1. The lowest BCUT2D eigenvalue weighted by Crippen LogP contribution is -2.33. The molecule has 0 aliphatic carbocycles. The monoisotopic (exact) mass is 426 g/mol. The Labute approximate surface area is 182 Å². The maximum absolute atomic E-state index is 12.6. The van der Waals surface area contributed by atoms with Gasteiger partial charge < -0.3 is 16.0 Å². The number of hydrogen-bond donors (Lipinski definition) is 2. The standard InChI is InChI=1S/C23H30N4O2S/c1-26(15-18-9-3-5-11-20(18)27-13-7-2-8-14-27)16-23(29)25-19-10-4-6-12-21(19)30-17-22(24)28/h3-6,9-12H,2,7-8,13-17H2,1H3,(H2,24,28)(H,25,29). The van der Waals surface area contributed by atoms with Crippen LogP contribution in [0.4, 0.5) is 11.4 Å². The topological polar surface area (TPSA) is 78.7 Å². The molecule has 0 spiro atoms. The van der Waals surface area contributed by atoms with Gasteiger partial charge in [-0.25, -0.2) is 0 Å². The zero-order chi connectivity index (χ0) is 21.3. The molecule has 3 rings (SSSR count). The molecule has 7 heteroatoms. The van der Waals surface area contributed by atoms with E-state index < -0.39 is 0 Å². The molecule has 0 bridgehead atoms. The third kappa shape index (κ3) is 6.50. The van der Waals surface area contributed by atoms with Crippen molar-refractivity contribution in [1.29, 1.82) is 0 Å². The Morgan fingerprint density at radius 2 is 1.77 bits per heavy atom. The van der Waals surface area contributed by atoms with E-state index in [1.807, 2.05) is 36.2 Å². The molecule has 30 heavy (non-hydrogen) atoms. The van der Waals surface area contributed by atoms with Gasteiger partial charge >= 0.3 is 0 Å². The summed E-state index contributed by atoms with van der Waals surface area (Å²) in [7, 11) is 1.96. The fraction of sp³-hybridized carbons (Fsp3) is 0.391. The molecule has 1 fully saturated rings. The first-order valence-corrected chi connectivity index (χ1v) is 11.3. The second-order valence-electron chi connectivity index (χ2n) is 7.65. The number of hydrogen-bond acceptors (Lipinski definition) is 5. The molecule has 1 heterocycles. The van der Waals surface area contributed by atoms with Gasteiger partial charge in [-0.1, -0.05) is 30.3 Å². The maximum atomic E-state index is 12.6. The van der Waals surface area contributed by atoms with E-state index in [9.17, 15) is 9.59 Å². The van der Waals surface area contributed by atoms with Crippen molar-refractivity contribution in [3.63, 3.8) is 0 Å². The molecule has 0 atom stereocenters. The molecule has 2 aromatic carbocycles. The van der Waals surface area contributed by atoms with Crippen molar-refractivity contribution in [2.75, 3.05) is 42.7 Å². The summed E-state index contributed by atoms with van der Waals surface area (Å²) in [4.78, 5) is 29.0. The van der Waals surface area contributed by atoms with E-state index in [2.05, 4.69) is 34.5 Å². The summed E-state index contributed by atoms with van der Waals surface area (Å²) in [5.41, 5.74) is 8.46. The minimum absolute atomic E-state index is 0.0833. The Morgan fingerprint density at radius 3 is 2.53 bits per heavy atom. The van der Waals surface area contributed by atoms with Crippen LogP contribution in [0.1, 0.15) is 24.8 Å². The lowest BCUT2D eigenvalue weighted by molar-refractivity contribution is -0.117. The van der Waals surface area contributed by atoms with Crippen LogP contribution in [0.15, 0.2) is 53.4 Å². The van der Waals surface area contributed by atoms with Gasteiger partial charge in [0.15, 0.2) is 0 Å². The molecule has 2 aromatic rings. The van der Waals surface area contributed by atoms with E-state index in [4.69, 9.17) is 5.73 Å². The smallest absolute Gasteiger partial charge is 0.238 e. The number of carbonyl (C=O) groups excluding carboxylic acids is 2. The molecule has 1 saturated heterocycles. The average Bonchev–Trinajstić information content (AvgIpc) is 2.74. The number of nitrogens with one attached hydrogen (secondary N) is 1.